The molecule has 1 amide bonds. The molecule has 10 heteroatoms. The molecular formula is C19H15FN2O7. The Kier molecular flexibility index (Phi) is 5.18. The quantitative estimate of drug-likeness (QED) is 0.293. The fourth-order valence-electron chi connectivity index (χ4n) is 2.75. The largest absolute Gasteiger partial charge is 0.484 e. The molecule has 3 rings (SSSR count). The summed E-state index contributed by atoms with van der Waals surface area (Å²) in [5.74, 6) is -1.81. The van der Waals surface area contributed by atoms with E-state index in [4.69, 9.17) is 14.9 Å². The Morgan fingerprint density at radius 2 is 1.86 bits per heavy atom. The second kappa shape index (κ2) is 7.58. The van der Waals surface area contributed by atoms with Crippen LogP contribution in [0.15, 0.2) is 40.8 Å². The van der Waals surface area contributed by atoms with E-state index in [0.717, 1.165) is 18.2 Å². The van der Waals surface area contributed by atoms with Crippen LogP contribution in [0.1, 0.15) is 24.2 Å². The number of nitro benzene ring substituents is 1. The topological polar surface area (TPSA) is 135 Å². The summed E-state index contributed by atoms with van der Waals surface area (Å²) in [6.07, 6.45) is -1.73. The van der Waals surface area contributed by atoms with Crippen LogP contribution < -0.4 is 10.5 Å². The first-order valence-corrected chi connectivity index (χ1v) is 8.36. The fourth-order valence-corrected chi connectivity index (χ4v) is 2.75. The number of fused-ring (bicyclic) bond motifs is 1. The number of ether oxygens (including phenoxy) is 2. The third kappa shape index (κ3) is 4.00. The van der Waals surface area contributed by atoms with Crippen molar-refractivity contribution >= 4 is 28.7 Å². The molecule has 9 nitrogen and oxygen atoms in total. The monoisotopic (exact) mass is 402 g/mol. The van der Waals surface area contributed by atoms with Crippen LogP contribution in [-0.2, 0) is 4.74 Å². The van der Waals surface area contributed by atoms with Crippen LogP contribution in [0.5, 0.6) is 5.75 Å². The number of primary amides is 1. The van der Waals surface area contributed by atoms with E-state index in [1.54, 1.807) is 13.8 Å². The Morgan fingerprint density at radius 1 is 1.21 bits per heavy atom. The van der Waals surface area contributed by atoms with Gasteiger partial charge in [-0.15, -0.1) is 0 Å². The predicted molar refractivity (Wildman–Crippen MR) is 99.0 cm³/mol. The number of halogens is 1. The maximum Gasteiger partial charge on any atom is 0.412 e. The summed E-state index contributed by atoms with van der Waals surface area (Å²) in [7, 11) is 0. The molecule has 150 valence electrons. The van der Waals surface area contributed by atoms with Crippen molar-refractivity contribution in [3.63, 3.8) is 0 Å². The molecule has 0 radical (unpaired) electrons. The Balaban J connectivity index is 2.31. The predicted octanol–water partition coefficient (Wildman–Crippen LogP) is 4.17. The van der Waals surface area contributed by atoms with Crippen LogP contribution in [0.3, 0.4) is 0 Å². The first-order valence-electron chi connectivity index (χ1n) is 8.36. The Morgan fingerprint density at radius 3 is 2.41 bits per heavy atom. The highest BCUT2D eigenvalue weighted by atomic mass is 19.1. The van der Waals surface area contributed by atoms with Gasteiger partial charge in [-0.2, -0.15) is 0 Å². The van der Waals surface area contributed by atoms with E-state index in [0.29, 0.717) is 0 Å². The molecule has 0 aliphatic carbocycles. The minimum Gasteiger partial charge on any atom is -0.484 e. The number of nitrogens with two attached hydrogens (primary N) is 1. The molecule has 0 bridgehead atoms. The van der Waals surface area contributed by atoms with Gasteiger partial charge in [0.05, 0.1) is 17.1 Å². The minimum atomic E-state index is -1.34. The highest BCUT2D eigenvalue weighted by molar-refractivity contribution is 6.11. The number of hydrogen-bond donors (Lipinski definition) is 1. The summed E-state index contributed by atoms with van der Waals surface area (Å²) in [6.45, 7) is 3.35. The van der Waals surface area contributed by atoms with E-state index in [2.05, 4.69) is 4.74 Å². The molecule has 2 aromatic carbocycles. The van der Waals surface area contributed by atoms with Crippen molar-refractivity contribution in [3.05, 3.63) is 57.9 Å². The second-order valence-electron chi connectivity index (χ2n) is 6.26. The van der Waals surface area contributed by atoms with Crippen LogP contribution in [0.2, 0.25) is 0 Å². The zero-order valence-corrected chi connectivity index (χ0v) is 15.3. The molecule has 0 aliphatic heterocycles. The molecule has 0 unspecified atom stereocenters. The molecule has 3 aromatic rings. The number of amides is 1. The molecule has 29 heavy (non-hydrogen) atoms. The van der Waals surface area contributed by atoms with Gasteiger partial charge in [-0.25, -0.2) is 14.0 Å². The van der Waals surface area contributed by atoms with E-state index in [1.807, 2.05) is 0 Å². The smallest absolute Gasteiger partial charge is 0.412 e. The standard InChI is InChI=1S/C19H15FN2O7/c1-9(2)27-15-7-12-14(8-13(15)22(25)26)28-17(10-3-5-11(20)6-4-10)16(12)18(23)29-19(21)24/h3-9H,1-2H3,(H2,21,24). The highest BCUT2D eigenvalue weighted by Gasteiger charge is 2.29. The zero-order chi connectivity index (χ0) is 21.3. The van der Waals surface area contributed by atoms with Crippen LogP contribution in [0.4, 0.5) is 14.9 Å². The molecule has 0 atom stereocenters. The maximum absolute atomic E-state index is 13.3. The number of furan rings is 1. The molecule has 0 saturated carbocycles. The number of nitrogens with zero attached hydrogens (tertiary/aromatic N) is 1. The van der Waals surface area contributed by atoms with Gasteiger partial charge >= 0.3 is 17.7 Å². The van der Waals surface area contributed by atoms with Gasteiger partial charge in [0.15, 0.2) is 5.75 Å². The van der Waals surface area contributed by atoms with Crippen LogP contribution in [0.25, 0.3) is 22.3 Å². The van der Waals surface area contributed by atoms with Crippen LogP contribution in [0, 0.1) is 15.9 Å². The number of nitro groups is 1. The number of rotatable bonds is 5. The Labute approximate surface area is 162 Å². The molecular weight excluding hydrogens is 387 g/mol. The van der Waals surface area contributed by atoms with Crippen molar-refractivity contribution in [3.8, 4) is 17.1 Å². The van der Waals surface area contributed by atoms with Crippen molar-refractivity contribution in [1.29, 1.82) is 0 Å². The van der Waals surface area contributed by atoms with Gasteiger partial charge in [0.2, 0.25) is 0 Å². The number of carbonyl (C=O) groups excluding carboxylic acids is 2. The van der Waals surface area contributed by atoms with Crippen LogP contribution in [-0.4, -0.2) is 23.1 Å². The number of esters is 1. The first kappa shape index (κ1) is 19.8. The van der Waals surface area contributed by atoms with E-state index < -0.39 is 28.9 Å². The summed E-state index contributed by atoms with van der Waals surface area (Å²) >= 11 is 0. The molecule has 1 heterocycles. The van der Waals surface area contributed by atoms with Crippen LogP contribution >= 0.6 is 0 Å². The lowest BCUT2D eigenvalue weighted by Gasteiger charge is -2.10. The molecule has 1 aromatic heterocycles. The van der Waals surface area contributed by atoms with E-state index >= 15 is 0 Å². The average molecular weight is 402 g/mol. The molecule has 0 spiro atoms. The van der Waals surface area contributed by atoms with Gasteiger partial charge in [-0.05, 0) is 44.2 Å². The summed E-state index contributed by atoms with van der Waals surface area (Å²) in [5.41, 5.74) is 4.62. The van der Waals surface area contributed by atoms with Gasteiger partial charge in [0.25, 0.3) is 0 Å². The van der Waals surface area contributed by atoms with Gasteiger partial charge in [0.1, 0.15) is 22.7 Å². The number of benzene rings is 2. The van der Waals surface area contributed by atoms with Crippen molar-refractivity contribution in [2.45, 2.75) is 20.0 Å². The Hall–Kier alpha value is -3.95. The minimum absolute atomic E-state index is 0.0245. The summed E-state index contributed by atoms with van der Waals surface area (Å²) in [6, 6.07) is 7.31. The lowest BCUT2D eigenvalue weighted by Crippen LogP contribution is -2.18. The molecule has 0 aliphatic rings. The second-order valence-corrected chi connectivity index (χ2v) is 6.26. The molecule has 2 N–H and O–H groups in total. The molecule has 0 fully saturated rings. The van der Waals surface area contributed by atoms with Crippen molar-refractivity contribution in [2.24, 2.45) is 5.73 Å². The molecule has 0 saturated heterocycles. The van der Waals surface area contributed by atoms with Gasteiger partial charge < -0.3 is 19.6 Å². The van der Waals surface area contributed by atoms with Gasteiger partial charge in [0, 0.05) is 10.9 Å². The Bertz CT molecular complexity index is 1120. The SMILES string of the molecule is CC(C)Oc1cc2c(C(=O)OC(N)=O)c(-c3ccc(F)cc3)oc2cc1[N+](=O)[O-]. The summed E-state index contributed by atoms with van der Waals surface area (Å²) in [5, 5.41) is 11.5. The summed E-state index contributed by atoms with van der Waals surface area (Å²) < 4.78 is 28.9. The average Bonchev–Trinajstić information content (AvgIpc) is 2.98. The van der Waals surface area contributed by atoms with E-state index in [1.165, 1.54) is 18.2 Å². The number of carbonyl (C=O) groups is 2. The number of hydrogen-bond acceptors (Lipinski definition) is 7. The summed E-state index contributed by atoms with van der Waals surface area (Å²) in [4.78, 5) is 34.3. The van der Waals surface area contributed by atoms with Gasteiger partial charge in [-0.1, -0.05) is 0 Å². The normalized spacial score (nSPS) is 10.9. The van der Waals surface area contributed by atoms with Crippen molar-refractivity contribution < 1.29 is 32.8 Å². The maximum atomic E-state index is 13.3. The third-order valence-corrected chi connectivity index (χ3v) is 3.83. The van der Waals surface area contributed by atoms with E-state index in [9.17, 15) is 24.1 Å². The third-order valence-electron chi connectivity index (χ3n) is 3.83. The lowest BCUT2D eigenvalue weighted by molar-refractivity contribution is -0.385. The van der Waals surface area contributed by atoms with E-state index in [-0.39, 0.29) is 39.3 Å². The lowest BCUT2D eigenvalue weighted by atomic mass is 10.0. The van der Waals surface area contributed by atoms with Gasteiger partial charge in [-0.3, -0.25) is 10.1 Å². The highest BCUT2D eigenvalue weighted by Crippen LogP contribution is 2.40. The zero-order valence-electron chi connectivity index (χ0n) is 15.3. The fraction of sp³-hybridized carbons (Fsp3) is 0.158. The van der Waals surface area contributed by atoms with Crippen molar-refractivity contribution in [1.82, 2.24) is 0 Å². The first-order chi connectivity index (χ1) is 13.7. The van der Waals surface area contributed by atoms with Crippen molar-refractivity contribution in [2.75, 3.05) is 0 Å².